The number of carbonyl (C=O) groups excluding carboxylic acids is 1. The second-order valence-corrected chi connectivity index (χ2v) is 8.10. The minimum atomic E-state index is -0.395. The van der Waals surface area contributed by atoms with Crippen molar-refractivity contribution in [2.45, 2.75) is 26.3 Å². The molecule has 33 heavy (non-hydrogen) atoms. The zero-order valence-electron chi connectivity index (χ0n) is 19.3. The summed E-state index contributed by atoms with van der Waals surface area (Å²) in [6.07, 6.45) is 2.16. The standard InChI is InChI=1S/C22H34N6O4.HI/c1-2-3-8-23-22(24-17-19-4-6-20(7-5-19)28(30)31)27-11-9-25(10-12-27)18-21(29)26-13-15-32-16-14-26;/h4-7H,2-3,8-18H2,1H3,(H,23,24);1H. The molecule has 0 saturated carbocycles. The van der Waals surface area contributed by atoms with Gasteiger partial charge in [0.2, 0.25) is 5.91 Å². The van der Waals surface area contributed by atoms with Gasteiger partial charge in [0, 0.05) is 57.9 Å². The van der Waals surface area contributed by atoms with E-state index >= 15 is 0 Å². The molecule has 1 aromatic rings. The molecule has 184 valence electrons. The van der Waals surface area contributed by atoms with Gasteiger partial charge in [-0.3, -0.25) is 19.8 Å². The highest BCUT2D eigenvalue weighted by Gasteiger charge is 2.24. The first-order chi connectivity index (χ1) is 15.6. The number of nitro benzene ring substituents is 1. The van der Waals surface area contributed by atoms with Gasteiger partial charge in [0.05, 0.1) is 31.2 Å². The van der Waals surface area contributed by atoms with Gasteiger partial charge in [-0.1, -0.05) is 25.5 Å². The van der Waals surface area contributed by atoms with Crippen LogP contribution in [0.15, 0.2) is 29.3 Å². The number of nitrogens with zero attached hydrogens (tertiary/aromatic N) is 5. The van der Waals surface area contributed by atoms with Crippen molar-refractivity contribution in [2.75, 3.05) is 65.6 Å². The topological polar surface area (TPSA) is 104 Å². The number of ether oxygens (including phenoxy) is 1. The van der Waals surface area contributed by atoms with Gasteiger partial charge in [0.1, 0.15) is 0 Å². The van der Waals surface area contributed by atoms with Gasteiger partial charge in [-0.05, 0) is 12.0 Å². The highest BCUT2D eigenvalue weighted by atomic mass is 127. The molecule has 2 aliphatic heterocycles. The third-order valence-corrected chi connectivity index (χ3v) is 5.77. The summed E-state index contributed by atoms with van der Waals surface area (Å²) in [6.45, 7) is 9.74. The van der Waals surface area contributed by atoms with Crippen molar-refractivity contribution in [1.82, 2.24) is 20.0 Å². The molecule has 1 amide bonds. The average molecular weight is 574 g/mol. The first-order valence-electron chi connectivity index (χ1n) is 11.4. The summed E-state index contributed by atoms with van der Waals surface area (Å²) in [5.74, 6) is 1.03. The molecule has 10 nitrogen and oxygen atoms in total. The molecule has 0 bridgehead atoms. The summed E-state index contributed by atoms with van der Waals surface area (Å²) in [5.41, 5.74) is 1.02. The molecule has 2 saturated heterocycles. The Morgan fingerprint density at radius 1 is 1.09 bits per heavy atom. The molecule has 2 aliphatic rings. The van der Waals surface area contributed by atoms with Gasteiger partial charge in [-0.15, -0.1) is 24.0 Å². The van der Waals surface area contributed by atoms with Crippen molar-refractivity contribution in [3.05, 3.63) is 39.9 Å². The molecule has 2 heterocycles. The van der Waals surface area contributed by atoms with Gasteiger partial charge in [-0.2, -0.15) is 0 Å². The van der Waals surface area contributed by atoms with Crippen molar-refractivity contribution in [1.29, 1.82) is 0 Å². The molecule has 11 heteroatoms. The number of piperazine rings is 1. The summed E-state index contributed by atoms with van der Waals surface area (Å²) < 4.78 is 5.33. The molecule has 0 unspecified atom stereocenters. The number of aliphatic imine (C=N–C) groups is 1. The fourth-order valence-electron chi connectivity index (χ4n) is 3.76. The fourth-order valence-corrected chi connectivity index (χ4v) is 3.76. The second kappa shape index (κ2) is 14.3. The van der Waals surface area contributed by atoms with Crippen LogP contribution < -0.4 is 5.32 Å². The Kier molecular flexibility index (Phi) is 11.8. The Morgan fingerprint density at radius 2 is 1.76 bits per heavy atom. The van der Waals surface area contributed by atoms with Crippen LogP contribution in [0, 0.1) is 10.1 Å². The molecule has 1 aromatic carbocycles. The van der Waals surface area contributed by atoms with Crippen molar-refractivity contribution in [3.8, 4) is 0 Å². The number of benzene rings is 1. The van der Waals surface area contributed by atoms with E-state index in [4.69, 9.17) is 9.73 Å². The molecule has 0 radical (unpaired) electrons. The lowest BCUT2D eigenvalue weighted by Crippen LogP contribution is -2.55. The van der Waals surface area contributed by atoms with E-state index in [-0.39, 0.29) is 35.6 Å². The number of non-ortho nitro benzene ring substituents is 1. The van der Waals surface area contributed by atoms with Crippen LogP contribution in [0.2, 0.25) is 0 Å². The molecule has 2 fully saturated rings. The maximum absolute atomic E-state index is 12.5. The highest BCUT2D eigenvalue weighted by Crippen LogP contribution is 2.13. The van der Waals surface area contributed by atoms with Crippen LogP contribution in [0.1, 0.15) is 25.3 Å². The van der Waals surface area contributed by atoms with Crippen LogP contribution in [0.3, 0.4) is 0 Å². The Labute approximate surface area is 212 Å². The van der Waals surface area contributed by atoms with Gasteiger partial charge in [-0.25, -0.2) is 4.99 Å². The number of unbranched alkanes of at least 4 members (excludes halogenated alkanes) is 1. The number of nitro groups is 1. The van der Waals surface area contributed by atoms with Crippen LogP contribution in [-0.4, -0.2) is 97.1 Å². The fraction of sp³-hybridized carbons (Fsp3) is 0.636. The van der Waals surface area contributed by atoms with E-state index in [0.717, 1.165) is 57.1 Å². The molecule has 0 spiro atoms. The van der Waals surface area contributed by atoms with E-state index in [1.807, 2.05) is 4.90 Å². The zero-order valence-corrected chi connectivity index (χ0v) is 21.6. The van der Waals surface area contributed by atoms with E-state index in [1.165, 1.54) is 12.1 Å². The van der Waals surface area contributed by atoms with Gasteiger partial charge >= 0.3 is 0 Å². The maximum Gasteiger partial charge on any atom is 0.269 e. The Bertz CT molecular complexity index is 778. The Hall–Kier alpha value is -1.99. The Morgan fingerprint density at radius 3 is 2.36 bits per heavy atom. The number of amides is 1. The number of rotatable bonds is 8. The predicted molar refractivity (Wildman–Crippen MR) is 138 cm³/mol. The molecule has 1 N–H and O–H groups in total. The van der Waals surface area contributed by atoms with Crippen LogP contribution >= 0.6 is 24.0 Å². The third kappa shape index (κ3) is 8.70. The number of carbonyl (C=O) groups is 1. The van der Waals surface area contributed by atoms with Crippen molar-refractivity contribution in [2.24, 2.45) is 4.99 Å². The first-order valence-corrected chi connectivity index (χ1v) is 11.4. The number of nitrogens with one attached hydrogen (secondary N) is 1. The second-order valence-electron chi connectivity index (χ2n) is 8.10. The van der Waals surface area contributed by atoms with Gasteiger partial charge in [0.25, 0.3) is 5.69 Å². The summed E-state index contributed by atoms with van der Waals surface area (Å²) in [5, 5.41) is 14.3. The lowest BCUT2D eigenvalue weighted by molar-refractivity contribution is -0.384. The van der Waals surface area contributed by atoms with Gasteiger partial charge in [0.15, 0.2) is 5.96 Å². The molecular formula is C22H35IN6O4. The Balaban J connectivity index is 0.00000385. The highest BCUT2D eigenvalue weighted by molar-refractivity contribution is 14.0. The van der Waals surface area contributed by atoms with Crippen molar-refractivity contribution < 1.29 is 14.5 Å². The smallest absolute Gasteiger partial charge is 0.269 e. The minimum Gasteiger partial charge on any atom is -0.378 e. The average Bonchev–Trinajstić information content (AvgIpc) is 2.82. The number of halogens is 1. The van der Waals surface area contributed by atoms with Crippen LogP contribution in [-0.2, 0) is 16.1 Å². The van der Waals surface area contributed by atoms with Crippen molar-refractivity contribution >= 4 is 41.5 Å². The van der Waals surface area contributed by atoms with E-state index < -0.39 is 4.92 Å². The van der Waals surface area contributed by atoms with E-state index in [2.05, 4.69) is 22.0 Å². The number of hydrogen-bond acceptors (Lipinski definition) is 6. The lowest BCUT2D eigenvalue weighted by atomic mass is 10.2. The van der Waals surface area contributed by atoms with Gasteiger partial charge < -0.3 is 19.9 Å². The third-order valence-electron chi connectivity index (χ3n) is 5.77. The normalized spacial score (nSPS) is 17.4. The lowest BCUT2D eigenvalue weighted by Gasteiger charge is -2.37. The zero-order chi connectivity index (χ0) is 22.8. The van der Waals surface area contributed by atoms with Crippen LogP contribution in [0.5, 0.6) is 0 Å². The molecule has 0 atom stereocenters. The number of hydrogen-bond donors (Lipinski definition) is 1. The van der Waals surface area contributed by atoms with E-state index in [1.54, 1.807) is 12.1 Å². The van der Waals surface area contributed by atoms with Crippen molar-refractivity contribution in [3.63, 3.8) is 0 Å². The summed E-state index contributed by atoms with van der Waals surface area (Å²) in [6, 6.07) is 6.53. The molecule has 0 aromatic heterocycles. The van der Waals surface area contributed by atoms with Crippen LogP contribution in [0.25, 0.3) is 0 Å². The summed E-state index contributed by atoms with van der Waals surface area (Å²) in [4.78, 5) is 34.1. The summed E-state index contributed by atoms with van der Waals surface area (Å²) >= 11 is 0. The largest absolute Gasteiger partial charge is 0.378 e. The predicted octanol–water partition coefficient (Wildman–Crippen LogP) is 1.93. The molecule has 0 aliphatic carbocycles. The minimum absolute atomic E-state index is 0. The SMILES string of the molecule is CCCCNC(=NCc1ccc([N+](=O)[O-])cc1)N1CCN(CC(=O)N2CCOCC2)CC1.I. The molecule has 3 rings (SSSR count). The van der Waals surface area contributed by atoms with E-state index in [9.17, 15) is 14.9 Å². The summed E-state index contributed by atoms with van der Waals surface area (Å²) in [7, 11) is 0. The maximum atomic E-state index is 12.5. The number of morpholine rings is 1. The quantitative estimate of drug-likeness (QED) is 0.126. The van der Waals surface area contributed by atoms with Crippen LogP contribution in [0.4, 0.5) is 5.69 Å². The number of guanidine groups is 1. The monoisotopic (exact) mass is 574 g/mol. The first kappa shape index (κ1) is 27.3. The molecular weight excluding hydrogens is 539 g/mol. The van der Waals surface area contributed by atoms with E-state index in [0.29, 0.717) is 39.4 Å².